The fraction of sp³-hybridized carbons (Fsp3) is 0.375. The van der Waals surface area contributed by atoms with Crippen molar-refractivity contribution >= 4 is 46.4 Å². The molecular weight excluding hydrogens is 440 g/mol. The molecule has 0 bridgehead atoms. The molecule has 1 aromatic heterocycles. The topological polar surface area (TPSA) is 57.8 Å². The maximum absolute atomic E-state index is 12.9. The van der Waals surface area contributed by atoms with Crippen LogP contribution in [0.4, 0.5) is 9.52 Å². The minimum Gasteiger partial charge on any atom is -0.370 e. The van der Waals surface area contributed by atoms with Gasteiger partial charge in [0, 0.05) is 44.3 Å². The molecule has 0 saturated carbocycles. The van der Waals surface area contributed by atoms with Crippen molar-refractivity contribution in [2.75, 3.05) is 37.6 Å². The van der Waals surface area contributed by atoms with Crippen LogP contribution in [0.15, 0.2) is 40.8 Å². The lowest BCUT2D eigenvalue weighted by Crippen LogP contribution is -2.51. The zero-order valence-corrected chi connectivity index (χ0v) is 16.4. The lowest BCUT2D eigenvalue weighted by molar-refractivity contribution is 0.380. The number of nitrogens with zero attached hydrogens (tertiary/aromatic N) is 4. The summed E-state index contributed by atoms with van der Waals surface area (Å²) < 4.78 is 12.9. The summed E-state index contributed by atoms with van der Waals surface area (Å²) in [4.78, 5) is 13.2. The minimum atomic E-state index is -0.213. The normalized spacial score (nSPS) is 15.3. The number of rotatable bonds is 4. The number of nitrogens with two attached hydrogens (primary N) is 1. The molecule has 0 aliphatic carbocycles. The van der Waals surface area contributed by atoms with Crippen molar-refractivity contribution in [2.24, 2.45) is 10.7 Å². The summed E-state index contributed by atoms with van der Waals surface area (Å²) in [5.74, 6) is 0.376. The van der Waals surface area contributed by atoms with Gasteiger partial charge in [-0.3, -0.25) is 4.99 Å². The molecule has 8 heteroatoms. The van der Waals surface area contributed by atoms with E-state index in [9.17, 15) is 4.39 Å². The SMILES string of the molecule is I.NC(=NCCc1ccc(F)cc1)N1CCN(c2nccs2)CC1. The van der Waals surface area contributed by atoms with Gasteiger partial charge in [-0.25, -0.2) is 9.37 Å². The molecule has 130 valence electrons. The van der Waals surface area contributed by atoms with Gasteiger partial charge in [0.2, 0.25) is 0 Å². The molecule has 2 N–H and O–H groups in total. The number of benzene rings is 1. The number of aromatic nitrogens is 1. The van der Waals surface area contributed by atoms with E-state index in [4.69, 9.17) is 5.73 Å². The van der Waals surface area contributed by atoms with E-state index in [0.717, 1.165) is 43.3 Å². The molecule has 24 heavy (non-hydrogen) atoms. The van der Waals surface area contributed by atoms with E-state index in [2.05, 4.69) is 19.8 Å². The average Bonchev–Trinajstić information content (AvgIpc) is 3.11. The summed E-state index contributed by atoms with van der Waals surface area (Å²) in [5, 5.41) is 3.06. The second-order valence-electron chi connectivity index (χ2n) is 5.41. The summed E-state index contributed by atoms with van der Waals surface area (Å²) in [7, 11) is 0. The summed E-state index contributed by atoms with van der Waals surface area (Å²) in [5.41, 5.74) is 7.15. The van der Waals surface area contributed by atoms with Crippen LogP contribution in [0.25, 0.3) is 0 Å². The molecule has 1 aromatic carbocycles. The van der Waals surface area contributed by atoms with Crippen LogP contribution in [0.2, 0.25) is 0 Å². The monoisotopic (exact) mass is 461 g/mol. The second kappa shape index (κ2) is 9.16. The van der Waals surface area contributed by atoms with Crippen LogP contribution in [0.5, 0.6) is 0 Å². The number of piperazine rings is 1. The lowest BCUT2D eigenvalue weighted by atomic mass is 10.1. The van der Waals surface area contributed by atoms with E-state index < -0.39 is 0 Å². The highest BCUT2D eigenvalue weighted by molar-refractivity contribution is 14.0. The molecule has 3 rings (SSSR count). The third kappa shape index (κ3) is 5.04. The van der Waals surface area contributed by atoms with Crippen LogP contribution < -0.4 is 10.6 Å². The Labute approximate surface area is 162 Å². The number of hydrogen-bond acceptors (Lipinski definition) is 4. The van der Waals surface area contributed by atoms with Crippen LogP contribution >= 0.6 is 35.3 Å². The van der Waals surface area contributed by atoms with Gasteiger partial charge in [-0.15, -0.1) is 35.3 Å². The van der Waals surface area contributed by atoms with Crippen LogP contribution in [-0.4, -0.2) is 48.6 Å². The lowest BCUT2D eigenvalue weighted by Gasteiger charge is -2.35. The van der Waals surface area contributed by atoms with Crippen molar-refractivity contribution in [1.29, 1.82) is 0 Å². The zero-order chi connectivity index (χ0) is 16.1. The van der Waals surface area contributed by atoms with Gasteiger partial charge in [0.25, 0.3) is 0 Å². The summed E-state index contributed by atoms with van der Waals surface area (Å²) in [6, 6.07) is 6.52. The van der Waals surface area contributed by atoms with E-state index >= 15 is 0 Å². The van der Waals surface area contributed by atoms with Crippen molar-refractivity contribution in [1.82, 2.24) is 9.88 Å². The van der Waals surface area contributed by atoms with E-state index in [0.29, 0.717) is 12.5 Å². The molecule has 0 atom stereocenters. The Morgan fingerprint density at radius 2 is 1.92 bits per heavy atom. The molecule has 0 spiro atoms. The predicted molar refractivity (Wildman–Crippen MR) is 108 cm³/mol. The quantitative estimate of drug-likeness (QED) is 0.432. The summed E-state index contributed by atoms with van der Waals surface area (Å²) >= 11 is 1.66. The zero-order valence-electron chi connectivity index (χ0n) is 13.3. The first-order valence-corrected chi connectivity index (χ1v) is 8.54. The smallest absolute Gasteiger partial charge is 0.191 e. The molecule has 0 amide bonds. The Morgan fingerprint density at radius 1 is 1.21 bits per heavy atom. The number of aliphatic imine (C=N–C) groups is 1. The number of halogens is 2. The first-order valence-electron chi connectivity index (χ1n) is 7.66. The van der Waals surface area contributed by atoms with E-state index in [1.807, 2.05) is 11.6 Å². The Bertz CT molecular complexity index is 639. The molecule has 0 unspecified atom stereocenters. The van der Waals surface area contributed by atoms with Crippen LogP contribution in [-0.2, 0) is 6.42 Å². The third-order valence-corrected chi connectivity index (χ3v) is 4.71. The highest BCUT2D eigenvalue weighted by Gasteiger charge is 2.19. The molecule has 1 aliphatic rings. The molecular formula is C16H21FIN5S. The largest absolute Gasteiger partial charge is 0.370 e. The van der Waals surface area contributed by atoms with Gasteiger partial charge in [0.1, 0.15) is 5.82 Å². The summed E-state index contributed by atoms with van der Waals surface area (Å²) in [6.07, 6.45) is 2.59. The van der Waals surface area contributed by atoms with Gasteiger partial charge in [0.15, 0.2) is 11.1 Å². The van der Waals surface area contributed by atoms with Crippen molar-refractivity contribution in [2.45, 2.75) is 6.42 Å². The maximum atomic E-state index is 12.9. The van der Waals surface area contributed by atoms with Gasteiger partial charge in [-0.05, 0) is 24.1 Å². The number of guanidine groups is 1. The number of thiazole rings is 1. The molecule has 1 saturated heterocycles. The van der Waals surface area contributed by atoms with Gasteiger partial charge in [-0.2, -0.15) is 0 Å². The average molecular weight is 461 g/mol. The third-order valence-electron chi connectivity index (χ3n) is 3.88. The highest BCUT2D eigenvalue weighted by Crippen LogP contribution is 2.18. The van der Waals surface area contributed by atoms with Gasteiger partial charge >= 0.3 is 0 Å². The van der Waals surface area contributed by atoms with Crippen molar-refractivity contribution in [3.05, 3.63) is 47.2 Å². The highest BCUT2D eigenvalue weighted by atomic mass is 127. The second-order valence-corrected chi connectivity index (χ2v) is 6.28. The van der Waals surface area contributed by atoms with Gasteiger partial charge in [0.05, 0.1) is 0 Å². The Balaban J connectivity index is 0.00000208. The first kappa shape index (κ1) is 18.9. The molecule has 1 fully saturated rings. The Morgan fingerprint density at radius 3 is 2.54 bits per heavy atom. The van der Waals surface area contributed by atoms with E-state index in [-0.39, 0.29) is 29.8 Å². The number of anilines is 1. The van der Waals surface area contributed by atoms with E-state index in [1.165, 1.54) is 12.1 Å². The molecule has 1 aliphatic heterocycles. The fourth-order valence-corrected chi connectivity index (χ4v) is 3.25. The fourth-order valence-electron chi connectivity index (χ4n) is 2.55. The molecule has 5 nitrogen and oxygen atoms in total. The minimum absolute atomic E-state index is 0. The summed E-state index contributed by atoms with van der Waals surface area (Å²) in [6.45, 7) is 4.13. The van der Waals surface area contributed by atoms with Crippen LogP contribution in [0.3, 0.4) is 0 Å². The van der Waals surface area contributed by atoms with Gasteiger partial charge < -0.3 is 15.5 Å². The molecule has 2 heterocycles. The van der Waals surface area contributed by atoms with E-state index in [1.54, 1.807) is 23.5 Å². The molecule has 2 aromatic rings. The number of hydrogen-bond donors (Lipinski definition) is 1. The van der Waals surface area contributed by atoms with Crippen molar-refractivity contribution < 1.29 is 4.39 Å². The standard InChI is InChI=1S/C16H20FN5S.HI/c17-14-3-1-13(2-4-14)5-6-19-15(18)21-8-10-22(11-9-21)16-20-7-12-23-16;/h1-4,7,12H,5-6,8-11H2,(H2,18,19);1H. The Kier molecular flexibility index (Phi) is 7.22. The Hall–Kier alpha value is -1.42. The van der Waals surface area contributed by atoms with Crippen molar-refractivity contribution in [3.63, 3.8) is 0 Å². The van der Waals surface area contributed by atoms with Crippen LogP contribution in [0, 0.1) is 5.82 Å². The van der Waals surface area contributed by atoms with Crippen molar-refractivity contribution in [3.8, 4) is 0 Å². The maximum Gasteiger partial charge on any atom is 0.191 e. The first-order chi connectivity index (χ1) is 11.2. The predicted octanol–water partition coefficient (Wildman–Crippen LogP) is 2.58. The molecule has 0 radical (unpaired) electrons. The van der Waals surface area contributed by atoms with Gasteiger partial charge in [-0.1, -0.05) is 12.1 Å². The van der Waals surface area contributed by atoms with Crippen LogP contribution in [0.1, 0.15) is 5.56 Å².